The van der Waals surface area contributed by atoms with E-state index in [1.807, 2.05) is 18.2 Å². The van der Waals surface area contributed by atoms with Crippen molar-refractivity contribution in [2.45, 2.75) is 36.7 Å². The lowest BCUT2D eigenvalue weighted by Crippen LogP contribution is -2.22. The van der Waals surface area contributed by atoms with Crippen molar-refractivity contribution in [3.8, 4) is 0 Å². The molecule has 0 spiro atoms. The van der Waals surface area contributed by atoms with Crippen LogP contribution in [0.1, 0.15) is 18.4 Å². The van der Waals surface area contributed by atoms with Crippen LogP contribution < -0.4 is 0 Å². The lowest BCUT2D eigenvalue weighted by Gasteiger charge is -2.17. The molecule has 0 aliphatic heterocycles. The fourth-order valence-electron chi connectivity index (χ4n) is 3.63. The van der Waals surface area contributed by atoms with Gasteiger partial charge in [0.1, 0.15) is 5.78 Å². The van der Waals surface area contributed by atoms with Gasteiger partial charge in [0.25, 0.3) is 0 Å². The second kappa shape index (κ2) is 12.1. The molecule has 1 saturated carbocycles. The van der Waals surface area contributed by atoms with Gasteiger partial charge in [0.15, 0.2) is 0 Å². The number of hydrogen-bond acceptors (Lipinski definition) is 8. The Morgan fingerprint density at radius 2 is 2.16 bits per heavy atom. The van der Waals surface area contributed by atoms with Gasteiger partial charge < -0.3 is 14.9 Å². The number of rotatable bonds is 11. The Labute approximate surface area is 195 Å². The summed E-state index contributed by atoms with van der Waals surface area (Å²) in [7, 11) is 1.38. The summed E-state index contributed by atoms with van der Waals surface area (Å²) in [5.74, 6) is 1.49. The van der Waals surface area contributed by atoms with Crippen LogP contribution in [-0.2, 0) is 20.7 Å². The number of fused-ring (bicyclic) bond motifs is 1. The van der Waals surface area contributed by atoms with Gasteiger partial charge in [-0.2, -0.15) is 11.8 Å². The summed E-state index contributed by atoms with van der Waals surface area (Å²) in [5, 5.41) is 23.8. The molecular formula is C23H28O5S3. The van der Waals surface area contributed by atoms with E-state index in [1.54, 1.807) is 29.2 Å². The van der Waals surface area contributed by atoms with Crippen LogP contribution in [0, 0.1) is 5.92 Å². The Balaban J connectivity index is 1.50. The first-order valence-electron chi connectivity index (χ1n) is 10.3. The summed E-state index contributed by atoms with van der Waals surface area (Å²) >= 11 is 4.74. The van der Waals surface area contributed by atoms with Crippen molar-refractivity contribution >= 4 is 56.7 Å². The molecule has 0 radical (unpaired) electrons. The Morgan fingerprint density at radius 3 is 2.97 bits per heavy atom. The van der Waals surface area contributed by atoms with E-state index >= 15 is 0 Å². The molecule has 8 heteroatoms. The molecule has 3 rings (SSSR count). The number of esters is 1. The summed E-state index contributed by atoms with van der Waals surface area (Å²) in [4.78, 5) is 23.5. The lowest BCUT2D eigenvalue weighted by atomic mass is 10.0. The SMILES string of the molecule is COC(=O)CSCCCS[C@H]1C(=O)C[C@@H](O)[C@@H]1/C=C/C(O)Cc1csc2ccccc12. The van der Waals surface area contributed by atoms with Crippen molar-refractivity contribution < 1.29 is 24.5 Å². The Bertz CT molecular complexity index is 910. The maximum Gasteiger partial charge on any atom is 0.315 e. The molecule has 0 bridgehead atoms. The molecule has 1 heterocycles. The zero-order valence-electron chi connectivity index (χ0n) is 17.4. The molecule has 31 heavy (non-hydrogen) atoms. The zero-order chi connectivity index (χ0) is 22.2. The second-order valence-corrected chi connectivity index (χ2v) is 10.8. The average molecular weight is 481 g/mol. The quantitative estimate of drug-likeness (QED) is 0.288. The fourth-order valence-corrected chi connectivity index (χ4v) is 6.91. The molecule has 0 amide bonds. The average Bonchev–Trinajstić information content (AvgIpc) is 3.28. The highest BCUT2D eigenvalue weighted by atomic mass is 32.2. The van der Waals surface area contributed by atoms with Gasteiger partial charge in [-0.15, -0.1) is 23.1 Å². The van der Waals surface area contributed by atoms with E-state index in [4.69, 9.17) is 0 Å². The van der Waals surface area contributed by atoms with E-state index in [0.717, 1.165) is 28.9 Å². The highest BCUT2D eigenvalue weighted by Gasteiger charge is 2.40. The zero-order valence-corrected chi connectivity index (χ0v) is 19.9. The first-order chi connectivity index (χ1) is 15.0. The molecule has 1 aliphatic rings. The molecule has 2 N–H and O–H groups in total. The number of carbonyl (C=O) groups is 2. The molecule has 1 unspecified atom stereocenters. The Morgan fingerprint density at radius 1 is 1.35 bits per heavy atom. The molecule has 0 saturated heterocycles. The first kappa shape index (κ1) is 24.3. The van der Waals surface area contributed by atoms with Gasteiger partial charge in [-0.05, 0) is 40.3 Å². The Hall–Kier alpha value is -1.32. The highest BCUT2D eigenvalue weighted by Crippen LogP contribution is 2.35. The van der Waals surface area contributed by atoms with Crippen molar-refractivity contribution in [1.82, 2.24) is 0 Å². The molecular weight excluding hydrogens is 452 g/mol. The minimum Gasteiger partial charge on any atom is -0.468 e. The molecule has 4 atom stereocenters. The number of aliphatic hydroxyl groups excluding tert-OH is 2. The topological polar surface area (TPSA) is 83.8 Å². The monoisotopic (exact) mass is 480 g/mol. The number of benzene rings is 1. The fraction of sp³-hybridized carbons (Fsp3) is 0.478. The number of thiophene rings is 1. The summed E-state index contributed by atoms with van der Waals surface area (Å²) in [6.07, 6.45) is 3.71. The second-order valence-electron chi connectivity index (χ2n) is 7.50. The number of methoxy groups -OCH3 is 1. The van der Waals surface area contributed by atoms with E-state index in [1.165, 1.54) is 23.6 Å². The third-order valence-corrected chi connectivity index (χ3v) is 8.74. The normalized spacial score (nSPS) is 22.4. The van der Waals surface area contributed by atoms with Crippen LogP contribution in [-0.4, -0.2) is 63.8 Å². The summed E-state index contributed by atoms with van der Waals surface area (Å²) in [6, 6.07) is 8.14. The van der Waals surface area contributed by atoms with Gasteiger partial charge in [-0.1, -0.05) is 30.4 Å². The lowest BCUT2D eigenvalue weighted by molar-refractivity contribution is -0.137. The summed E-state index contributed by atoms with van der Waals surface area (Å²) in [6.45, 7) is 0. The van der Waals surface area contributed by atoms with Gasteiger partial charge in [0, 0.05) is 23.5 Å². The van der Waals surface area contributed by atoms with E-state index in [2.05, 4.69) is 22.2 Å². The van der Waals surface area contributed by atoms with Crippen molar-refractivity contribution in [2.75, 3.05) is 24.4 Å². The molecule has 168 valence electrons. The number of Topliss-reactive ketones (excluding diaryl/α,β-unsaturated/α-hetero) is 1. The van der Waals surface area contributed by atoms with Crippen LogP contribution in [0.2, 0.25) is 0 Å². The Kier molecular flexibility index (Phi) is 9.47. The van der Waals surface area contributed by atoms with E-state index in [-0.39, 0.29) is 29.3 Å². The van der Waals surface area contributed by atoms with Gasteiger partial charge in [-0.25, -0.2) is 0 Å². The number of thioether (sulfide) groups is 2. The number of ether oxygens (including phenoxy) is 1. The number of ketones is 1. The van der Waals surface area contributed by atoms with E-state index in [9.17, 15) is 19.8 Å². The van der Waals surface area contributed by atoms with Crippen molar-refractivity contribution in [3.05, 3.63) is 47.4 Å². The van der Waals surface area contributed by atoms with Gasteiger partial charge >= 0.3 is 5.97 Å². The molecule has 1 fully saturated rings. The largest absolute Gasteiger partial charge is 0.468 e. The van der Waals surface area contributed by atoms with Crippen LogP contribution >= 0.6 is 34.9 Å². The third kappa shape index (κ3) is 6.83. The number of aliphatic hydroxyl groups is 2. The van der Waals surface area contributed by atoms with Crippen LogP contribution in [0.15, 0.2) is 41.8 Å². The van der Waals surface area contributed by atoms with Crippen molar-refractivity contribution in [1.29, 1.82) is 0 Å². The summed E-state index contributed by atoms with van der Waals surface area (Å²) in [5.41, 5.74) is 1.11. The summed E-state index contributed by atoms with van der Waals surface area (Å²) < 4.78 is 5.81. The first-order valence-corrected chi connectivity index (χ1v) is 13.4. The van der Waals surface area contributed by atoms with Gasteiger partial charge in [0.2, 0.25) is 0 Å². The minimum absolute atomic E-state index is 0.0627. The number of carbonyl (C=O) groups excluding carboxylic acids is 2. The maximum absolute atomic E-state index is 12.3. The van der Waals surface area contributed by atoms with Crippen LogP contribution in [0.4, 0.5) is 0 Å². The molecule has 5 nitrogen and oxygen atoms in total. The van der Waals surface area contributed by atoms with Gasteiger partial charge in [-0.3, -0.25) is 9.59 Å². The van der Waals surface area contributed by atoms with Crippen molar-refractivity contribution in [3.63, 3.8) is 0 Å². The predicted molar refractivity (Wildman–Crippen MR) is 130 cm³/mol. The predicted octanol–water partition coefficient (Wildman–Crippen LogP) is 3.71. The van der Waals surface area contributed by atoms with Crippen LogP contribution in [0.5, 0.6) is 0 Å². The standard InChI is InChI=1S/C23H28O5S3/c1-28-22(27)14-29-9-4-10-30-23-18(19(25)12-20(23)26)8-7-16(24)11-15-13-31-21-6-3-2-5-17(15)21/h2-3,5-8,13,16,18-19,23-25H,4,9-12,14H2,1H3/b8-7+/t16?,18-,19+,23+/m0/s1. The highest BCUT2D eigenvalue weighted by molar-refractivity contribution is 8.01. The molecule has 1 aromatic carbocycles. The molecule has 1 aromatic heterocycles. The van der Waals surface area contributed by atoms with Crippen LogP contribution in [0.3, 0.4) is 0 Å². The van der Waals surface area contributed by atoms with Gasteiger partial charge in [0.05, 0.1) is 30.3 Å². The minimum atomic E-state index is -0.705. The van der Waals surface area contributed by atoms with Crippen molar-refractivity contribution in [2.24, 2.45) is 5.92 Å². The third-order valence-electron chi connectivity index (χ3n) is 5.25. The van der Waals surface area contributed by atoms with Crippen LogP contribution in [0.25, 0.3) is 10.1 Å². The number of hydrogen-bond donors (Lipinski definition) is 2. The molecule has 1 aliphatic carbocycles. The maximum atomic E-state index is 12.3. The van der Waals surface area contributed by atoms with E-state index in [0.29, 0.717) is 12.2 Å². The smallest absolute Gasteiger partial charge is 0.315 e. The van der Waals surface area contributed by atoms with E-state index < -0.39 is 12.2 Å². The molecule has 2 aromatic rings.